The lowest BCUT2D eigenvalue weighted by Gasteiger charge is -2.07. The van der Waals surface area contributed by atoms with Crippen LogP contribution < -0.4 is 4.74 Å². The third-order valence-corrected chi connectivity index (χ3v) is 3.10. The van der Waals surface area contributed by atoms with Crippen molar-refractivity contribution in [3.05, 3.63) is 51.7 Å². The number of hydrogen-bond acceptors (Lipinski definition) is 4. The molecule has 0 radical (unpaired) electrons. The van der Waals surface area contributed by atoms with Gasteiger partial charge >= 0.3 is 5.97 Å². The number of aromatic nitrogens is 1. The lowest BCUT2D eigenvalue weighted by atomic mass is 10.3. The normalized spacial score (nSPS) is 9.89. The Hall–Kier alpha value is -1.63. The first kappa shape index (κ1) is 12.8. The van der Waals surface area contributed by atoms with Crippen LogP contribution in [0.5, 0.6) is 11.6 Å². The molecule has 5 heteroatoms. The average molecular weight is 355 g/mol. The Morgan fingerprint density at radius 2 is 2.06 bits per heavy atom. The summed E-state index contributed by atoms with van der Waals surface area (Å²) in [6.07, 6.45) is 1.51. The van der Waals surface area contributed by atoms with Crippen LogP contribution in [0.15, 0.2) is 42.6 Å². The zero-order chi connectivity index (χ0) is 13.0. The third kappa shape index (κ3) is 2.98. The van der Waals surface area contributed by atoms with Gasteiger partial charge in [0.05, 0.1) is 16.2 Å². The zero-order valence-electron chi connectivity index (χ0n) is 9.59. The summed E-state index contributed by atoms with van der Waals surface area (Å²) in [7, 11) is 1.34. The van der Waals surface area contributed by atoms with Gasteiger partial charge in [-0.2, -0.15) is 0 Å². The fourth-order valence-electron chi connectivity index (χ4n) is 1.35. The molecule has 0 saturated heterocycles. The van der Waals surface area contributed by atoms with Crippen molar-refractivity contribution in [3.8, 4) is 11.6 Å². The summed E-state index contributed by atoms with van der Waals surface area (Å²) in [6.45, 7) is 0. The molecule has 1 aromatic heterocycles. The molecule has 1 aromatic carbocycles. The van der Waals surface area contributed by atoms with Gasteiger partial charge in [0.1, 0.15) is 5.75 Å². The first-order valence-electron chi connectivity index (χ1n) is 5.17. The second-order valence-corrected chi connectivity index (χ2v) is 4.57. The van der Waals surface area contributed by atoms with Gasteiger partial charge in [0.2, 0.25) is 5.88 Å². The van der Waals surface area contributed by atoms with E-state index in [9.17, 15) is 4.79 Å². The molecule has 0 fully saturated rings. The Balaban J connectivity index is 2.25. The molecule has 4 nitrogen and oxygen atoms in total. The van der Waals surface area contributed by atoms with Gasteiger partial charge in [-0.1, -0.05) is 12.1 Å². The van der Waals surface area contributed by atoms with Gasteiger partial charge in [0.15, 0.2) is 0 Å². The Labute approximate surface area is 118 Å². The monoisotopic (exact) mass is 355 g/mol. The standard InChI is InChI=1S/C13H10INO3/c1-17-13(16)9-6-7-15-12(8-9)18-11-5-3-2-4-10(11)14/h2-8H,1H3. The lowest BCUT2D eigenvalue weighted by molar-refractivity contribution is 0.0600. The van der Waals surface area contributed by atoms with Crippen molar-refractivity contribution < 1.29 is 14.3 Å². The predicted octanol–water partition coefficient (Wildman–Crippen LogP) is 3.27. The fraction of sp³-hybridized carbons (Fsp3) is 0.0769. The first-order valence-corrected chi connectivity index (χ1v) is 6.25. The minimum absolute atomic E-state index is 0.363. The van der Waals surface area contributed by atoms with Crippen LogP contribution in [0, 0.1) is 3.57 Å². The number of pyridine rings is 1. The van der Waals surface area contributed by atoms with Crippen molar-refractivity contribution in [2.24, 2.45) is 0 Å². The van der Waals surface area contributed by atoms with E-state index in [4.69, 9.17) is 4.74 Å². The number of halogens is 1. The number of ether oxygens (including phenoxy) is 2. The van der Waals surface area contributed by atoms with Crippen molar-refractivity contribution in [1.82, 2.24) is 4.98 Å². The van der Waals surface area contributed by atoms with Crippen LogP contribution >= 0.6 is 22.6 Å². The Morgan fingerprint density at radius 1 is 1.28 bits per heavy atom. The number of para-hydroxylation sites is 1. The molecule has 0 saturated carbocycles. The molecule has 92 valence electrons. The van der Waals surface area contributed by atoms with Crippen molar-refractivity contribution in [1.29, 1.82) is 0 Å². The van der Waals surface area contributed by atoms with E-state index in [-0.39, 0.29) is 0 Å². The van der Waals surface area contributed by atoms with Gasteiger partial charge in [-0.15, -0.1) is 0 Å². The van der Waals surface area contributed by atoms with Gasteiger partial charge in [-0.25, -0.2) is 9.78 Å². The molecule has 0 aliphatic carbocycles. The summed E-state index contributed by atoms with van der Waals surface area (Å²) in [4.78, 5) is 15.4. The highest BCUT2D eigenvalue weighted by atomic mass is 127. The van der Waals surface area contributed by atoms with Crippen LogP contribution in [0.1, 0.15) is 10.4 Å². The summed E-state index contributed by atoms with van der Waals surface area (Å²) >= 11 is 2.17. The fourth-order valence-corrected chi connectivity index (χ4v) is 1.85. The van der Waals surface area contributed by atoms with Gasteiger partial charge in [-0.3, -0.25) is 0 Å². The summed E-state index contributed by atoms with van der Waals surface area (Å²) < 4.78 is 11.2. The van der Waals surface area contributed by atoms with Crippen LogP contribution in [0.3, 0.4) is 0 Å². The largest absolute Gasteiger partial charge is 0.465 e. The maximum atomic E-state index is 11.4. The van der Waals surface area contributed by atoms with Crippen LogP contribution in [0.4, 0.5) is 0 Å². The number of carbonyl (C=O) groups is 1. The van der Waals surface area contributed by atoms with Gasteiger partial charge in [0.25, 0.3) is 0 Å². The Morgan fingerprint density at radius 3 is 2.78 bits per heavy atom. The molecule has 0 atom stereocenters. The van der Waals surface area contributed by atoms with Crippen molar-refractivity contribution in [2.75, 3.05) is 7.11 Å². The minimum atomic E-state index is -0.412. The minimum Gasteiger partial charge on any atom is -0.465 e. The van der Waals surface area contributed by atoms with Crippen molar-refractivity contribution >= 4 is 28.6 Å². The lowest BCUT2D eigenvalue weighted by Crippen LogP contribution is -2.01. The maximum Gasteiger partial charge on any atom is 0.338 e. The smallest absolute Gasteiger partial charge is 0.338 e. The van der Waals surface area contributed by atoms with E-state index in [1.54, 1.807) is 12.1 Å². The number of carbonyl (C=O) groups excluding carboxylic acids is 1. The molecular formula is C13H10INO3. The molecule has 1 heterocycles. The molecule has 0 unspecified atom stereocenters. The van der Waals surface area contributed by atoms with Crippen LogP contribution in [-0.2, 0) is 4.74 Å². The van der Waals surface area contributed by atoms with E-state index in [1.165, 1.54) is 13.3 Å². The van der Waals surface area contributed by atoms with Crippen molar-refractivity contribution in [3.63, 3.8) is 0 Å². The summed E-state index contributed by atoms with van der Waals surface area (Å²) in [5.41, 5.74) is 0.411. The highest BCUT2D eigenvalue weighted by Gasteiger charge is 2.08. The van der Waals surface area contributed by atoms with Crippen LogP contribution in [-0.4, -0.2) is 18.1 Å². The summed E-state index contributed by atoms with van der Waals surface area (Å²) in [6, 6.07) is 10.7. The van der Waals surface area contributed by atoms with E-state index in [2.05, 4.69) is 32.3 Å². The third-order valence-electron chi connectivity index (χ3n) is 2.21. The Bertz CT molecular complexity index is 572. The quantitative estimate of drug-likeness (QED) is 0.627. The van der Waals surface area contributed by atoms with E-state index < -0.39 is 5.97 Å². The summed E-state index contributed by atoms with van der Waals surface area (Å²) in [5, 5.41) is 0. The van der Waals surface area contributed by atoms with Gasteiger partial charge < -0.3 is 9.47 Å². The highest BCUT2D eigenvalue weighted by molar-refractivity contribution is 14.1. The Kier molecular flexibility index (Phi) is 4.14. The number of benzene rings is 1. The van der Waals surface area contributed by atoms with Crippen molar-refractivity contribution in [2.45, 2.75) is 0 Å². The molecule has 2 rings (SSSR count). The molecule has 2 aromatic rings. The van der Waals surface area contributed by atoms with Gasteiger partial charge in [0, 0.05) is 12.3 Å². The topological polar surface area (TPSA) is 48.4 Å². The van der Waals surface area contributed by atoms with E-state index >= 15 is 0 Å². The molecule has 0 bridgehead atoms. The number of esters is 1. The number of rotatable bonds is 3. The zero-order valence-corrected chi connectivity index (χ0v) is 11.7. The SMILES string of the molecule is COC(=O)c1ccnc(Oc2ccccc2I)c1. The predicted molar refractivity (Wildman–Crippen MR) is 74.8 cm³/mol. The molecule has 0 aliphatic rings. The second kappa shape index (κ2) is 5.81. The van der Waals surface area contributed by atoms with Crippen LogP contribution in [0.2, 0.25) is 0 Å². The number of methoxy groups -OCH3 is 1. The van der Waals surface area contributed by atoms with Gasteiger partial charge in [-0.05, 0) is 40.8 Å². The second-order valence-electron chi connectivity index (χ2n) is 3.41. The van der Waals surface area contributed by atoms with E-state index in [0.717, 1.165) is 3.57 Å². The number of nitrogens with zero attached hydrogens (tertiary/aromatic N) is 1. The maximum absolute atomic E-state index is 11.4. The molecule has 0 N–H and O–H groups in total. The first-order chi connectivity index (χ1) is 8.70. The molecule has 0 aliphatic heterocycles. The highest BCUT2D eigenvalue weighted by Crippen LogP contribution is 2.25. The average Bonchev–Trinajstić information content (AvgIpc) is 2.41. The number of hydrogen-bond donors (Lipinski definition) is 0. The van der Waals surface area contributed by atoms with E-state index in [1.807, 2.05) is 24.3 Å². The molecule has 18 heavy (non-hydrogen) atoms. The molecule has 0 spiro atoms. The molecule has 0 amide bonds. The molecular weight excluding hydrogens is 345 g/mol. The van der Waals surface area contributed by atoms with Crippen LogP contribution in [0.25, 0.3) is 0 Å². The van der Waals surface area contributed by atoms with E-state index in [0.29, 0.717) is 17.2 Å². The summed E-state index contributed by atoms with van der Waals surface area (Å²) in [5.74, 6) is 0.652.